The van der Waals surface area contributed by atoms with E-state index >= 15 is 0 Å². The van der Waals surface area contributed by atoms with Crippen LogP contribution >= 0.6 is 0 Å². The van der Waals surface area contributed by atoms with E-state index in [1.54, 1.807) is 36.2 Å². The van der Waals surface area contributed by atoms with Crippen LogP contribution in [-0.4, -0.2) is 69.2 Å². The van der Waals surface area contributed by atoms with Gasteiger partial charge >= 0.3 is 0 Å². The number of sulfone groups is 1. The highest BCUT2D eigenvalue weighted by Gasteiger charge is 2.60. The van der Waals surface area contributed by atoms with Gasteiger partial charge in [-0.1, -0.05) is 12.1 Å². The van der Waals surface area contributed by atoms with Crippen LogP contribution in [0.2, 0.25) is 0 Å². The molecule has 2 aromatic rings. The normalized spacial score (nSPS) is 22.7. The minimum Gasteiger partial charge on any atom is -0.393 e. The number of benzene rings is 1. The Kier molecular flexibility index (Phi) is 5.68. The molecule has 0 bridgehead atoms. The van der Waals surface area contributed by atoms with Crippen LogP contribution in [-0.2, 0) is 29.9 Å². The van der Waals surface area contributed by atoms with Crippen LogP contribution in [0.5, 0.6) is 0 Å². The van der Waals surface area contributed by atoms with Crippen molar-refractivity contribution in [1.82, 2.24) is 20.0 Å². The van der Waals surface area contributed by atoms with Gasteiger partial charge in [0.25, 0.3) is 11.8 Å². The molecule has 2 aliphatic carbocycles. The van der Waals surface area contributed by atoms with Crippen molar-refractivity contribution in [1.29, 1.82) is 5.26 Å². The number of aliphatic hydroxyl groups excluding tert-OH is 1. The highest BCUT2D eigenvalue weighted by atomic mass is 32.2. The van der Waals surface area contributed by atoms with Crippen molar-refractivity contribution >= 4 is 21.7 Å². The minimum absolute atomic E-state index is 0.131. The molecule has 3 aliphatic rings. The number of hydrogen-bond acceptors (Lipinski definition) is 7. The summed E-state index contributed by atoms with van der Waals surface area (Å²) in [5, 5.41) is 25.1. The number of aliphatic hydroxyl groups is 1. The lowest BCUT2D eigenvalue weighted by Gasteiger charge is -2.36. The monoisotopic (exact) mass is 497 g/mol. The first-order valence-corrected chi connectivity index (χ1v) is 13.2. The van der Waals surface area contributed by atoms with Gasteiger partial charge in [-0.2, -0.15) is 10.4 Å². The summed E-state index contributed by atoms with van der Waals surface area (Å²) in [6.45, 7) is 0.704. The molecule has 0 radical (unpaired) electrons. The third kappa shape index (κ3) is 4.00. The maximum absolute atomic E-state index is 13.3. The third-order valence-electron chi connectivity index (χ3n) is 7.42. The summed E-state index contributed by atoms with van der Waals surface area (Å²) in [4.78, 5) is 27.8. The van der Waals surface area contributed by atoms with Crippen molar-refractivity contribution in [3.05, 3.63) is 52.3 Å². The van der Waals surface area contributed by atoms with Gasteiger partial charge in [0.1, 0.15) is 5.69 Å². The van der Waals surface area contributed by atoms with Crippen LogP contribution in [0.25, 0.3) is 0 Å². The molecule has 35 heavy (non-hydrogen) atoms. The molecule has 1 aromatic heterocycles. The quantitative estimate of drug-likeness (QED) is 0.572. The fraction of sp³-hybridized carbons (Fsp3) is 0.500. The number of amides is 2. The number of nitriles is 1. The van der Waals surface area contributed by atoms with Crippen molar-refractivity contribution in [3.63, 3.8) is 0 Å². The Hall–Kier alpha value is -3.23. The van der Waals surface area contributed by atoms with Gasteiger partial charge in [-0.15, -0.1) is 0 Å². The number of aromatic nitrogens is 2. The number of hydrogen-bond donors (Lipinski definition) is 2. The molecule has 0 spiro atoms. The van der Waals surface area contributed by atoms with E-state index in [9.17, 15) is 23.1 Å². The van der Waals surface area contributed by atoms with Gasteiger partial charge < -0.3 is 15.3 Å². The van der Waals surface area contributed by atoms with Crippen molar-refractivity contribution in [2.45, 2.75) is 54.7 Å². The lowest BCUT2D eigenvalue weighted by Crippen LogP contribution is -2.51. The van der Waals surface area contributed by atoms with Crippen LogP contribution < -0.4 is 5.32 Å². The van der Waals surface area contributed by atoms with Gasteiger partial charge in [0, 0.05) is 32.2 Å². The van der Waals surface area contributed by atoms with Crippen molar-refractivity contribution in [3.8, 4) is 6.07 Å². The predicted octanol–water partition coefficient (Wildman–Crippen LogP) is 0.691. The standard InChI is InChI=1S/C24H27N5O5S/c1-28-21-19(20(27-28)22(31)26-13-16-4-2-15(12-25)3-5-16)6-9-29(23(21)32)14-24(7-8-24)35(33,34)18-10-17(30)11-18/h2-5,17-18,30H,6-11,13-14H2,1H3,(H,26,31). The molecule has 5 rings (SSSR count). The minimum atomic E-state index is -3.44. The molecule has 1 aromatic carbocycles. The lowest BCUT2D eigenvalue weighted by atomic mass is 9.96. The molecule has 0 atom stereocenters. The summed E-state index contributed by atoms with van der Waals surface area (Å²) >= 11 is 0. The van der Waals surface area contributed by atoms with E-state index in [0.717, 1.165) is 5.56 Å². The van der Waals surface area contributed by atoms with Crippen LogP contribution in [0.15, 0.2) is 24.3 Å². The molecular formula is C24H27N5O5S. The lowest BCUT2D eigenvalue weighted by molar-refractivity contribution is 0.0721. The number of carbonyl (C=O) groups is 2. The largest absolute Gasteiger partial charge is 0.393 e. The maximum atomic E-state index is 13.3. The Morgan fingerprint density at radius 3 is 2.57 bits per heavy atom. The Bertz CT molecular complexity index is 1330. The molecule has 0 unspecified atom stereocenters. The van der Waals surface area contributed by atoms with E-state index in [-0.39, 0.29) is 37.5 Å². The van der Waals surface area contributed by atoms with Crippen LogP contribution in [0.3, 0.4) is 0 Å². The van der Waals surface area contributed by atoms with Gasteiger partial charge in [0.05, 0.1) is 27.7 Å². The molecule has 2 heterocycles. The van der Waals surface area contributed by atoms with Gasteiger partial charge in [-0.05, 0) is 49.8 Å². The van der Waals surface area contributed by atoms with Crippen LogP contribution in [0.1, 0.15) is 63.4 Å². The molecule has 0 saturated heterocycles. The average molecular weight is 498 g/mol. The van der Waals surface area contributed by atoms with Crippen molar-refractivity contribution in [2.24, 2.45) is 7.05 Å². The maximum Gasteiger partial charge on any atom is 0.272 e. The van der Waals surface area contributed by atoms with Gasteiger partial charge in [-0.3, -0.25) is 14.3 Å². The van der Waals surface area contributed by atoms with Crippen molar-refractivity contribution in [2.75, 3.05) is 13.1 Å². The molecule has 2 fully saturated rings. The fourth-order valence-electron chi connectivity index (χ4n) is 5.03. The zero-order chi connectivity index (χ0) is 25.0. The topological polar surface area (TPSA) is 145 Å². The zero-order valence-corrected chi connectivity index (χ0v) is 20.2. The van der Waals surface area contributed by atoms with Crippen molar-refractivity contribution < 1.29 is 23.1 Å². The van der Waals surface area contributed by atoms with E-state index in [0.29, 0.717) is 42.6 Å². The highest BCUT2D eigenvalue weighted by Crippen LogP contribution is 2.49. The first-order chi connectivity index (χ1) is 16.6. The van der Waals surface area contributed by atoms with Crippen LogP contribution in [0, 0.1) is 11.3 Å². The molecule has 10 nitrogen and oxygen atoms in total. The smallest absolute Gasteiger partial charge is 0.272 e. The van der Waals surface area contributed by atoms with Crippen LogP contribution in [0.4, 0.5) is 0 Å². The first kappa shape index (κ1) is 23.5. The van der Waals surface area contributed by atoms with Gasteiger partial charge in [0.15, 0.2) is 15.5 Å². The van der Waals surface area contributed by atoms with Gasteiger partial charge in [0.2, 0.25) is 0 Å². The third-order valence-corrected chi connectivity index (χ3v) is 10.4. The second kappa shape index (κ2) is 8.46. The molecule has 184 valence electrons. The van der Waals surface area contributed by atoms with E-state index < -0.39 is 31.8 Å². The Morgan fingerprint density at radius 1 is 1.29 bits per heavy atom. The summed E-state index contributed by atoms with van der Waals surface area (Å²) in [5.74, 6) is -0.709. The number of rotatable bonds is 7. The van der Waals surface area contributed by atoms with Gasteiger partial charge in [-0.25, -0.2) is 8.42 Å². The second-order valence-corrected chi connectivity index (χ2v) is 12.4. The molecule has 2 N–H and O–H groups in total. The summed E-state index contributed by atoms with van der Waals surface area (Å²) < 4.78 is 26.7. The number of nitrogens with zero attached hydrogens (tertiary/aromatic N) is 4. The summed E-state index contributed by atoms with van der Waals surface area (Å²) in [6, 6.07) is 8.93. The highest BCUT2D eigenvalue weighted by molar-refractivity contribution is 7.93. The zero-order valence-electron chi connectivity index (χ0n) is 19.4. The van der Waals surface area contributed by atoms with E-state index in [4.69, 9.17) is 5.26 Å². The Labute approximate surface area is 203 Å². The predicted molar refractivity (Wildman–Crippen MR) is 125 cm³/mol. The molecule has 1 aliphatic heterocycles. The SMILES string of the molecule is Cn1nc(C(=O)NCc2ccc(C#N)cc2)c2c1C(=O)N(CC1(S(=O)(=O)C3CC(O)C3)CC1)CC2. The summed E-state index contributed by atoms with van der Waals surface area (Å²) in [7, 11) is -1.83. The van der Waals surface area contributed by atoms with E-state index in [1.165, 1.54) is 4.68 Å². The summed E-state index contributed by atoms with van der Waals surface area (Å²) in [6.07, 6.45) is 1.43. The van der Waals surface area contributed by atoms with E-state index in [1.807, 2.05) is 6.07 Å². The molecule has 2 amide bonds. The Morgan fingerprint density at radius 2 is 1.97 bits per heavy atom. The fourth-order valence-corrected chi connectivity index (χ4v) is 7.70. The number of nitrogens with one attached hydrogen (secondary N) is 1. The summed E-state index contributed by atoms with van der Waals surface area (Å²) in [5.41, 5.74) is 2.45. The molecular weight excluding hydrogens is 470 g/mol. The second-order valence-electron chi connectivity index (χ2n) is 9.74. The first-order valence-electron chi connectivity index (χ1n) is 11.7. The number of aryl methyl sites for hydroxylation is 1. The number of fused-ring (bicyclic) bond motifs is 1. The average Bonchev–Trinajstić information content (AvgIpc) is 3.54. The van der Waals surface area contributed by atoms with E-state index in [2.05, 4.69) is 10.4 Å². The molecule has 11 heteroatoms. The number of carbonyl (C=O) groups excluding carboxylic acids is 2. The Balaban J connectivity index is 1.29. The molecule has 2 saturated carbocycles.